The first kappa shape index (κ1) is 12.0. The Hall–Kier alpha value is -1.07. The van der Waals surface area contributed by atoms with Gasteiger partial charge in [-0.25, -0.2) is 0 Å². The van der Waals surface area contributed by atoms with E-state index in [0.717, 1.165) is 4.47 Å². The SMILES string of the molecule is CNCCOc1cc(Br)ccc1C(N)=O. The van der Waals surface area contributed by atoms with Crippen LogP contribution in [0.4, 0.5) is 0 Å². The molecule has 15 heavy (non-hydrogen) atoms. The second-order valence-electron chi connectivity index (χ2n) is 2.96. The summed E-state index contributed by atoms with van der Waals surface area (Å²) in [6, 6.07) is 5.13. The van der Waals surface area contributed by atoms with Crippen LogP contribution in [-0.2, 0) is 0 Å². The van der Waals surface area contributed by atoms with Crippen LogP contribution in [0.15, 0.2) is 22.7 Å². The number of primary amides is 1. The maximum atomic E-state index is 11.1. The number of nitrogens with one attached hydrogen (secondary N) is 1. The molecule has 82 valence electrons. The van der Waals surface area contributed by atoms with Crippen LogP contribution in [0.2, 0.25) is 0 Å². The van der Waals surface area contributed by atoms with Crippen molar-refractivity contribution in [2.45, 2.75) is 0 Å². The van der Waals surface area contributed by atoms with Gasteiger partial charge in [0, 0.05) is 11.0 Å². The van der Waals surface area contributed by atoms with Crippen LogP contribution < -0.4 is 15.8 Å². The molecule has 0 aromatic heterocycles. The summed E-state index contributed by atoms with van der Waals surface area (Å²) in [4.78, 5) is 11.1. The third-order valence-corrected chi connectivity index (χ3v) is 2.31. The van der Waals surface area contributed by atoms with Gasteiger partial charge in [0.2, 0.25) is 0 Å². The van der Waals surface area contributed by atoms with Gasteiger partial charge in [-0.2, -0.15) is 0 Å². The number of nitrogens with two attached hydrogens (primary N) is 1. The molecule has 4 nitrogen and oxygen atoms in total. The lowest BCUT2D eigenvalue weighted by Gasteiger charge is -2.09. The fraction of sp³-hybridized carbons (Fsp3) is 0.300. The van der Waals surface area contributed by atoms with E-state index >= 15 is 0 Å². The van der Waals surface area contributed by atoms with Gasteiger partial charge in [0.25, 0.3) is 5.91 Å². The third-order valence-electron chi connectivity index (χ3n) is 1.82. The van der Waals surface area contributed by atoms with Gasteiger partial charge in [-0.3, -0.25) is 4.79 Å². The van der Waals surface area contributed by atoms with Gasteiger partial charge in [-0.15, -0.1) is 0 Å². The Kier molecular flexibility index (Phi) is 4.58. The molecule has 0 aliphatic carbocycles. The maximum absolute atomic E-state index is 11.1. The van der Waals surface area contributed by atoms with Crippen molar-refractivity contribution in [2.75, 3.05) is 20.2 Å². The van der Waals surface area contributed by atoms with Gasteiger partial charge in [0.1, 0.15) is 12.4 Å². The molecule has 0 saturated carbocycles. The lowest BCUT2D eigenvalue weighted by Crippen LogP contribution is -2.18. The van der Waals surface area contributed by atoms with Crippen molar-refractivity contribution < 1.29 is 9.53 Å². The quantitative estimate of drug-likeness (QED) is 0.791. The third kappa shape index (κ3) is 3.53. The van der Waals surface area contributed by atoms with Gasteiger partial charge in [-0.05, 0) is 25.2 Å². The van der Waals surface area contributed by atoms with Crippen molar-refractivity contribution in [3.63, 3.8) is 0 Å². The van der Waals surface area contributed by atoms with Crippen molar-refractivity contribution in [1.29, 1.82) is 0 Å². The average Bonchev–Trinajstić information content (AvgIpc) is 2.18. The highest BCUT2D eigenvalue weighted by Crippen LogP contribution is 2.23. The lowest BCUT2D eigenvalue weighted by atomic mass is 10.2. The number of rotatable bonds is 5. The summed E-state index contributed by atoms with van der Waals surface area (Å²) in [5.74, 6) is 0.0223. The van der Waals surface area contributed by atoms with Gasteiger partial charge < -0.3 is 15.8 Å². The standard InChI is InChI=1S/C10H13BrN2O2/c1-13-4-5-15-9-6-7(11)2-3-8(9)10(12)14/h2-3,6,13H,4-5H2,1H3,(H2,12,14). The zero-order chi connectivity index (χ0) is 11.3. The number of hydrogen-bond donors (Lipinski definition) is 2. The molecule has 0 spiro atoms. The fourth-order valence-electron chi connectivity index (χ4n) is 1.08. The highest BCUT2D eigenvalue weighted by Gasteiger charge is 2.09. The molecule has 0 saturated heterocycles. The Morgan fingerprint density at radius 1 is 1.60 bits per heavy atom. The topological polar surface area (TPSA) is 64.3 Å². The van der Waals surface area contributed by atoms with Crippen molar-refractivity contribution in [2.24, 2.45) is 5.73 Å². The number of likely N-dealkylation sites (N-methyl/N-ethyl adjacent to an activating group) is 1. The minimum absolute atomic E-state index is 0.398. The van der Waals surface area contributed by atoms with Gasteiger partial charge in [-0.1, -0.05) is 15.9 Å². The van der Waals surface area contributed by atoms with Crippen molar-refractivity contribution in [1.82, 2.24) is 5.32 Å². The second-order valence-corrected chi connectivity index (χ2v) is 3.87. The molecular formula is C10H13BrN2O2. The molecule has 0 aliphatic heterocycles. The number of carbonyl (C=O) groups excluding carboxylic acids is 1. The molecule has 0 atom stereocenters. The number of amides is 1. The van der Waals surface area contributed by atoms with Crippen molar-refractivity contribution in [3.05, 3.63) is 28.2 Å². The molecule has 0 aliphatic rings. The highest BCUT2D eigenvalue weighted by atomic mass is 79.9. The Morgan fingerprint density at radius 2 is 2.33 bits per heavy atom. The molecule has 1 rings (SSSR count). The smallest absolute Gasteiger partial charge is 0.252 e. The highest BCUT2D eigenvalue weighted by molar-refractivity contribution is 9.10. The van der Waals surface area contributed by atoms with E-state index < -0.39 is 5.91 Å². The minimum Gasteiger partial charge on any atom is -0.491 e. The number of hydrogen-bond acceptors (Lipinski definition) is 3. The first-order chi connectivity index (χ1) is 7.15. The van der Waals surface area contributed by atoms with Crippen LogP contribution in [0.25, 0.3) is 0 Å². The van der Waals surface area contributed by atoms with E-state index in [0.29, 0.717) is 24.5 Å². The minimum atomic E-state index is -0.484. The van der Waals surface area contributed by atoms with Gasteiger partial charge in [0.15, 0.2) is 0 Å². The fourth-order valence-corrected chi connectivity index (χ4v) is 1.42. The zero-order valence-corrected chi connectivity index (χ0v) is 10.0. The predicted octanol–water partition coefficient (Wildman–Crippen LogP) is 1.15. The molecule has 0 bridgehead atoms. The second kappa shape index (κ2) is 5.72. The Morgan fingerprint density at radius 3 is 2.93 bits per heavy atom. The van der Waals surface area contributed by atoms with Crippen LogP contribution in [0.1, 0.15) is 10.4 Å². The molecule has 5 heteroatoms. The summed E-state index contributed by atoms with van der Waals surface area (Å²) in [7, 11) is 1.83. The Balaban J connectivity index is 2.82. The number of ether oxygens (including phenoxy) is 1. The number of halogens is 1. The molecule has 0 heterocycles. The van der Waals surface area contributed by atoms with Crippen LogP contribution in [0.5, 0.6) is 5.75 Å². The van der Waals surface area contributed by atoms with Gasteiger partial charge in [0.05, 0.1) is 5.56 Å². The van der Waals surface area contributed by atoms with Crippen LogP contribution >= 0.6 is 15.9 Å². The normalized spacial score (nSPS) is 10.0. The summed E-state index contributed by atoms with van der Waals surface area (Å²) in [6.45, 7) is 1.21. The van der Waals surface area contributed by atoms with Crippen LogP contribution in [-0.4, -0.2) is 26.1 Å². The molecule has 0 unspecified atom stereocenters. The van der Waals surface area contributed by atoms with E-state index in [9.17, 15) is 4.79 Å². The van der Waals surface area contributed by atoms with E-state index in [4.69, 9.17) is 10.5 Å². The molecular weight excluding hydrogens is 260 g/mol. The van der Waals surface area contributed by atoms with E-state index in [2.05, 4.69) is 21.2 Å². The molecule has 1 aromatic carbocycles. The summed E-state index contributed by atoms with van der Waals surface area (Å²) >= 11 is 3.31. The van der Waals surface area contributed by atoms with E-state index in [1.165, 1.54) is 0 Å². The summed E-state index contributed by atoms with van der Waals surface area (Å²) in [5, 5.41) is 2.95. The molecule has 1 aromatic rings. The summed E-state index contributed by atoms with van der Waals surface area (Å²) < 4.78 is 6.28. The molecule has 0 fully saturated rings. The molecule has 3 N–H and O–H groups in total. The molecule has 0 radical (unpaired) electrons. The van der Waals surface area contributed by atoms with E-state index in [1.54, 1.807) is 18.2 Å². The number of benzene rings is 1. The van der Waals surface area contributed by atoms with Crippen molar-refractivity contribution in [3.8, 4) is 5.75 Å². The van der Waals surface area contributed by atoms with Gasteiger partial charge >= 0.3 is 0 Å². The first-order valence-electron chi connectivity index (χ1n) is 4.52. The average molecular weight is 273 g/mol. The number of carbonyl (C=O) groups is 1. The lowest BCUT2D eigenvalue weighted by molar-refractivity contribution is 0.0996. The summed E-state index contributed by atoms with van der Waals surface area (Å²) in [5.41, 5.74) is 5.62. The van der Waals surface area contributed by atoms with Crippen LogP contribution in [0, 0.1) is 0 Å². The Labute approximate surface area is 96.9 Å². The van der Waals surface area contributed by atoms with Crippen molar-refractivity contribution >= 4 is 21.8 Å². The van der Waals surface area contributed by atoms with E-state index in [-0.39, 0.29) is 0 Å². The van der Waals surface area contributed by atoms with Crippen LogP contribution in [0.3, 0.4) is 0 Å². The zero-order valence-electron chi connectivity index (χ0n) is 8.42. The predicted molar refractivity (Wildman–Crippen MR) is 62.1 cm³/mol. The first-order valence-corrected chi connectivity index (χ1v) is 5.31. The monoisotopic (exact) mass is 272 g/mol. The maximum Gasteiger partial charge on any atom is 0.252 e. The Bertz CT molecular complexity index is 355. The van der Waals surface area contributed by atoms with E-state index in [1.807, 2.05) is 7.05 Å². The summed E-state index contributed by atoms with van der Waals surface area (Å²) in [6.07, 6.45) is 0. The largest absolute Gasteiger partial charge is 0.491 e. The molecule has 1 amide bonds.